The quantitative estimate of drug-likeness (QED) is 0.744. The van der Waals surface area contributed by atoms with Crippen molar-refractivity contribution < 1.29 is 9.47 Å². The summed E-state index contributed by atoms with van der Waals surface area (Å²) in [6.45, 7) is 4.39. The predicted octanol–water partition coefficient (Wildman–Crippen LogP) is 1.53. The molecule has 0 heterocycles. The number of hydrogen-bond donors (Lipinski definition) is 2. The van der Waals surface area contributed by atoms with Gasteiger partial charge in [-0.15, -0.1) is 0 Å². The standard InChI is InChI=1S/C12H20N2O2/c1-8(13)9(2)16-7-10-4-5-12(15-3)11(14)6-10/h4-6,8-9H,7,13-14H2,1-3H3/t8-,9?/m0/s1. The summed E-state index contributed by atoms with van der Waals surface area (Å²) in [6.07, 6.45) is 0.0309. The van der Waals surface area contributed by atoms with E-state index in [4.69, 9.17) is 20.9 Å². The normalized spacial score (nSPS) is 14.5. The molecular weight excluding hydrogens is 204 g/mol. The molecule has 1 rings (SSSR count). The molecule has 4 heteroatoms. The van der Waals surface area contributed by atoms with E-state index in [-0.39, 0.29) is 12.1 Å². The van der Waals surface area contributed by atoms with Crippen molar-refractivity contribution in [3.63, 3.8) is 0 Å². The summed E-state index contributed by atoms with van der Waals surface area (Å²) < 4.78 is 10.7. The van der Waals surface area contributed by atoms with E-state index in [1.54, 1.807) is 7.11 Å². The highest BCUT2D eigenvalue weighted by Crippen LogP contribution is 2.22. The van der Waals surface area contributed by atoms with Gasteiger partial charge >= 0.3 is 0 Å². The molecule has 0 bridgehead atoms. The fourth-order valence-electron chi connectivity index (χ4n) is 1.25. The van der Waals surface area contributed by atoms with Crippen LogP contribution in [-0.4, -0.2) is 19.3 Å². The van der Waals surface area contributed by atoms with Crippen molar-refractivity contribution in [2.75, 3.05) is 12.8 Å². The Balaban J connectivity index is 2.58. The monoisotopic (exact) mass is 224 g/mol. The highest BCUT2D eigenvalue weighted by molar-refractivity contribution is 5.54. The third-order valence-electron chi connectivity index (χ3n) is 2.55. The summed E-state index contributed by atoms with van der Waals surface area (Å²) in [5, 5.41) is 0. The summed E-state index contributed by atoms with van der Waals surface area (Å²) in [4.78, 5) is 0. The minimum Gasteiger partial charge on any atom is -0.495 e. The van der Waals surface area contributed by atoms with Gasteiger partial charge in [0, 0.05) is 6.04 Å². The van der Waals surface area contributed by atoms with Crippen molar-refractivity contribution in [1.82, 2.24) is 0 Å². The second-order valence-electron chi connectivity index (χ2n) is 3.95. The van der Waals surface area contributed by atoms with Crippen LogP contribution in [0.1, 0.15) is 19.4 Å². The smallest absolute Gasteiger partial charge is 0.141 e. The molecule has 0 saturated carbocycles. The first-order chi connectivity index (χ1) is 7.54. The first-order valence-electron chi connectivity index (χ1n) is 5.34. The van der Waals surface area contributed by atoms with Gasteiger partial charge in [-0.3, -0.25) is 0 Å². The summed E-state index contributed by atoms with van der Waals surface area (Å²) >= 11 is 0. The Morgan fingerprint density at radius 1 is 1.31 bits per heavy atom. The number of benzene rings is 1. The highest BCUT2D eigenvalue weighted by Gasteiger charge is 2.08. The SMILES string of the molecule is COc1ccc(COC(C)[C@H](C)N)cc1N. The molecule has 0 amide bonds. The zero-order valence-corrected chi connectivity index (χ0v) is 10.1. The molecule has 0 spiro atoms. The van der Waals surface area contributed by atoms with Crippen LogP contribution in [0.5, 0.6) is 5.75 Å². The molecule has 2 atom stereocenters. The van der Waals surface area contributed by atoms with Crippen molar-refractivity contribution in [1.29, 1.82) is 0 Å². The van der Waals surface area contributed by atoms with Crippen LogP contribution in [0.15, 0.2) is 18.2 Å². The van der Waals surface area contributed by atoms with Crippen LogP contribution in [-0.2, 0) is 11.3 Å². The van der Waals surface area contributed by atoms with Crippen molar-refractivity contribution in [2.45, 2.75) is 32.6 Å². The van der Waals surface area contributed by atoms with Crippen LogP contribution in [0.2, 0.25) is 0 Å². The number of hydrogen-bond acceptors (Lipinski definition) is 4. The zero-order chi connectivity index (χ0) is 12.1. The van der Waals surface area contributed by atoms with Crippen molar-refractivity contribution in [3.05, 3.63) is 23.8 Å². The van der Waals surface area contributed by atoms with E-state index in [1.165, 1.54) is 0 Å². The molecule has 0 aliphatic rings. The molecule has 4 nitrogen and oxygen atoms in total. The minimum absolute atomic E-state index is 0.0237. The van der Waals surface area contributed by atoms with Gasteiger partial charge in [-0.25, -0.2) is 0 Å². The largest absolute Gasteiger partial charge is 0.495 e. The molecule has 1 aromatic rings. The third-order valence-corrected chi connectivity index (χ3v) is 2.55. The van der Waals surface area contributed by atoms with Crippen LogP contribution in [0.4, 0.5) is 5.69 Å². The van der Waals surface area contributed by atoms with Crippen LogP contribution >= 0.6 is 0 Å². The van der Waals surface area contributed by atoms with Gasteiger partial charge in [-0.05, 0) is 31.5 Å². The highest BCUT2D eigenvalue weighted by atomic mass is 16.5. The van der Waals surface area contributed by atoms with Gasteiger partial charge in [0.1, 0.15) is 5.75 Å². The lowest BCUT2D eigenvalue weighted by Crippen LogP contribution is -2.31. The molecule has 90 valence electrons. The Labute approximate surface area is 96.5 Å². The summed E-state index contributed by atoms with van der Waals surface area (Å²) in [5.74, 6) is 0.684. The molecule has 1 unspecified atom stereocenters. The molecule has 0 fully saturated rings. The Bertz CT molecular complexity index is 340. The van der Waals surface area contributed by atoms with Crippen molar-refractivity contribution in [2.24, 2.45) is 5.73 Å². The summed E-state index contributed by atoms with van der Waals surface area (Å²) in [5.41, 5.74) is 13.1. The maximum absolute atomic E-state index is 5.79. The van der Waals surface area contributed by atoms with E-state index in [9.17, 15) is 0 Å². The van der Waals surface area contributed by atoms with Crippen LogP contribution in [0.3, 0.4) is 0 Å². The number of ether oxygens (including phenoxy) is 2. The number of anilines is 1. The molecule has 0 aromatic heterocycles. The van der Waals surface area contributed by atoms with Gasteiger partial charge in [0.05, 0.1) is 25.5 Å². The lowest BCUT2D eigenvalue weighted by atomic mass is 10.2. The predicted molar refractivity (Wildman–Crippen MR) is 65.3 cm³/mol. The van der Waals surface area contributed by atoms with Gasteiger partial charge in [-0.1, -0.05) is 6.07 Å². The van der Waals surface area contributed by atoms with E-state index in [1.807, 2.05) is 32.0 Å². The number of nitrogens with two attached hydrogens (primary N) is 2. The van der Waals surface area contributed by atoms with Crippen LogP contribution in [0.25, 0.3) is 0 Å². The molecule has 0 aliphatic carbocycles. The van der Waals surface area contributed by atoms with Gasteiger partial charge in [0.15, 0.2) is 0 Å². The van der Waals surface area contributed by atoms with Crippen molar-refractivity contribution >= 4 is 5.69 Å². The van der Waals surface area contributed by atoms with Gasteiger partial charge in [-0.2, -0.15) is 0 Å². The van der Waals surface area contributed by atoms with E-state index in [0.717, 1.165) is 5.56 Å². The fourth-order valence-corrected chi connectivity index (χ4v) is 1.25. The van der Waals surface area contributed by atoms with Gasteiger partial charge in [0.25, 0.3) is 0 Å². The minimum atomic E-state index is 0.0237. The second kappa shape index (κ2) is 5.72. The Kier molecular flexibility index (Phi) is 4.58. The average Bonchev–Trinajstić information content (AvgIpc) is 2.25. The van der Waals surface area contributed by atoms with Crippen LogP contribution in [0, 0.1) is 0 Å². The van der Waals surface area contributed by atoms with Crippen LogP contribution < -0.4 is 16.2 Å². The second-order valence-corrected chi connectivity index (χ2v) is 3.95. The topological polar surface area (TPSA) is 70.5 Å². The first kappa shape index (κ1) is 12.8. The maximum Gasteiger partial charge on any atom is 0.141 e. The lowest BCUT2D eigenvalue weighted by Gasteiger charge is -2.16. The van der Waals surface area contributed by atoms with E-state index < -0.39 is 0 Å². The molecule has 4 N–H and O–H groups in total. The average molecular weight is 224 g/mol. The molecular formula is C12H20N2O2. The Hall–Kier alpha value is -1.26. The summed E-state index contributed by atoms with van der Waals surface area (Å²) in [6, 6.07) is 5.65. The first-order valence-corrected chi connectivity index (χ1v) is 5.34. The summed E-state index contributed by atoms with van der Waals surface area (Å²) in [7, 11) is 1.60. The fraction of sp³-hybridized carbons (Fsp3) is 0.500. The molecule has 0 saturated heterocycles. The lowest BCUT2D eigenvalue weighted by molar-refractivity contribution is 0.0398. The Morgan fingerprint density at radius 2 is 2.00 bits per heavy atom. The molecule has 0 radical (unpaired) electrons. The van der Waals surface area contributed by atoms with Crippen molar-refractivity contribution in [3.8, 4) is 5.75 Å². The van der Waals surface area contributed by atoms with E-state index in [2.05, 4.69) is 0 Å². The molecule has 1 aromatic carbocycles. The Morgan fingerprint density at radius 3 is 2.50 bits per heavy atom. The maximum atomic E-state index is 5.79. The zero-order valence-electron chi connectivity index (χ0n) is 10.1. The van der Waals surface area contributed by atoms with E-state index in [0.29, 0.717) is 18.0 Å². The number of rotatable bonds is 5. The molecule has 0 aliphatic heterocycles. The van der Waals surface area contributed by atoms with Gasteiger partial charge in [0.2, 0.25) is 0 Å². The third kappa shape index (κ3) is 3.40. The number of methoxy groups -OCH3 is 1. The van der Waals surface area contributed by atoms with E-state index >= 15 is 0 Å². The number of nitrogen functional groups attached to an aromatic ring is 1. The van der Waals surface area contributed by atoms with Gasteiger partial charge < -0.3 is 20.9 Å². The molecule has 16 heavy (non-hydrogen) atoms.